The van der Waals surface area contributed by atoms with Crippen LogP contribution in [0.4, 0.5) is 5.82 Å². The van der Waals surface area contributed by atoms with Crippen LogP contribution in [-0.2, 0) is 6.42 Å². The maximum Gasteiger partial charge on any atom is 0.172 e. The van der Waals surface area contributed by atoms with Crippen molar-refractivity contribution in [2.24, 2.45) is 0 Å². The van der Waals surface area contributed by atoms with Gasteiger partial charge in [-0.1, -0.05) is 5.16 Å². The van der Waals surface area contributed by atoms with Crippen LogP contribution in [-0.4, -0.2) is 11.7 Å². The summed E-state index contributed by atoms with van der Waals surface area (Å²) in [6, 6.07) is 0. The van der Waals surface area contributed by atoms with Crippen LogP contribution in [0.25, 0.3) is 0 Å². The molecule has 0 aromatic carbocycles. The van der Waals surface area contributed by atoms with E-state index >= 15 is 0 Å². The van der Waals surface area contributed by atoms with E-state index in [1.807, 2.05) is 6.92 Å². The predicted molar refractivity (Wildman–Crippen MR) is 38.1 cm³/mol. The second-order valence-electron chi connectivity index (χ2n) is 2.60. The predicted octanol–water partition coefficient (Wildman–Crippen LogP) is 1.34. The monoisotopic (exact) mass is 138 g/mol. The molecule has 1 N–H and O–H groups in total. The number of anilines is 1. The molecule has 2 rings (SSSR count). The summed E-state index contributed by atoms with van der Waals surface area (Å²) in [6.45, 7) is 2.98. The Hall–Kier alpha value is -0.990. The van der Waals surface area contributed by atoms with Crippen LogP contribution in [0.1, 0.15) is 17.7 Å². The van der Waals surface area contributed by atoms with Gasteiger partial charge in [0.25, 0.3) is 0 Å². The topological polar surface area (TPSA) is 38.1 Å². The molecule has 0 saturated carbocycles. The Morgan fingerprint density at radius 1 is 1.60 bits per heavy atom. The lowest BCUT2D eigenvalue weighted by atomic mass is 10.1. The molecule has 3 nitrogen and oxygen atoms in total. The number of nitrogens with zero attached hydrogens (tertiary/aromatic N) is 1. The number of fused-ring (bicyclic) bond motifs is 1. The summed E-state index contributed by atoms with van der Waals surface area (Å²) >= 11 is 0. The maximum atomic E-state index is 5.00. The highest BCUT2D eigenvalue weighted by molar-refractivity contribution is 5.46. The molecule has 0 saturated heterocycles. The van der Waals surface area contributed by atoms with E-state index in [2.05, 4.69) is 10.5 Å². The summed E-state index contributed by atoms with van der Waals surface area (Å²) in [6.07, 6.45) is 2.30. The zero-order chi connectivity index (χ0) is 6.97. The van der Waals surface area contributed by atoms with E-state index in [0.717, 1.165) is 24.5 Å². The molecule has 2 heterocycles. The summed E-state index contributed by atoms with van der Waals surface area (Å²) in [7, 11) is 0. The first-order valence-electron chi connectivity index (χ1n) is 3.57. The molecular formula is C7H10N2O. The summed E-state index contributed by atoms with van der Waals surface area (Å²) in [4.78, 5) is 0. The second kappa shape index (κ2) is 2.01. The molecule has 1 aromatic heterocycles. The Labute approximate surface area is 59.4 Å². The standard InChI is InChI=1S/C7H10N2O/c1-5-6-3-2-4-8-7(6)9-10-5/h2-4H2,1H3,(H,8,9). The van der Waals surface area contributed by atoms with Crippen molar-refractivity contribution in [2.75, 3.05) is 11.9 Å². The van der Waals surface area contributed by atoms with E-state index in [9.17, 15) is 0 Å². The fourth-order valence-electron chi connectivity index (χ4n) is 1.30. The first-order chi connectivity index (χ1) is 4.88. The molecule has 0 atom stereocenters. The number of aromatic nitrogens is 1. The third-order valence-electron chi connectivity index (χ3n) is 1.88. The van der Waals surface area contributed by atoms with Gasteiger partial charge in [-0.15, -0.1) is 0 Å². The lowest BCUT2D eigenvalue weighted by Crippen LogP contribution is -2.10. The first kappa shape index (κ1) is 5.77. The molecule has 0 amide bonds. The molecule has 0 aliphatic carbocycles. The highest BCUT2D eigenvalue weighted by atomic mass is 16.5. The molecule has 3 heteroatoms. The van der Waals surface area contributed by atoms with Crippen molar-refractivity contribution >= 4 is 5.82 Å². The zero-order valence-corrected chi connectivity index (χ0v) is 5.98. The highest BCUT2D eigenvalue weighted by Gasteiger charge is 2.15. The Balaban J connectivity index is 2.45. The lowest BCUT2D eigenvalue weighted by molar-refractivity contribution is 0.399. The number of hydrogen-bond acceptors (Lipinski definition) is 3. The van der Waals surface area contributed by atoms with Crippen molar-refractivity contribution in [1.29, 1.82) is 0 Å². The Morgan fingerprint density at radius 2 is 2.50 bits per heavy atom. The van der Waals surface area contributed by atoms with Crippen LogP contribution in [0, 0.1) is 6.92 Å². The summed E-state index contributed by atoms with van der Waals surface area (Å²) in [5.74, 6) is 1.91. The van der Waals surface area contributed by atoms with Crippen molar-refractivity contribution in [3.63, 3.8) is 0 Å². The maximum absolute atomic E-state index is 5.00. The SMILES string of the molecule is Cc1onc2c1CCCN2. The van der Waals surface area contributed by atoms with E-state index in [1.54, 1.807) is 0 Å². The van der Waals surface area contributed by atoms with Gasteiger partial charge in [-0.2, -0.15) is 0 Å². The van der Waals surface area contributed by atoms with Gasteiger partial charge < -0.3 is 9.84 Å². The van der Waals surface area contributed by atoms with Crippen LogP contribution in [0.2, 0.25) is 0 Å². The van der Waals surface area contributed by atoms with Gasteiger partial charge >= 0.3 is 0 Å². The smallest absolute Gasteiger partial charge is 0.172 e. The number of nitrogens with one attached hydrogen (secondary N) is 1. The third-order valence-corrected chi connectivity index (χ3v) is 1.88. The van der Waals surface area contributed by atoms with Crippen molar-refractivity contribution in [3.8, 4) is 0 Å². The van der Waals surface area contributed by atoms with Crippen molar-refractivity contribution < 1.29 is 4.52 Å². The first-order valence-corrected chi connectivity index (χ1v) is 3.57. The average molecular weight is 138 g/mol. The number of aryl methyl sites for hydroxylation is 1. The molecule has 1 aliphatic heterocycles. The molecular weight excluding hydrogens is 128 g/mol. The lowest BCUT2D eigenvalue weighted by Gasteiger charge is -2.10. The molecule has 0 unspecified atom stereocenters. The zero-order valence-electron chi connectivity index (χ0n) is 5.98. The molecule has 0 fully saturated rings. The minimum atomic E-state index is 0.948. The van der Waals surface area contributed by atoms with Crippen LogP contribution < -0.4 is 5.32 Å². The second-order valence-corrected chi connectivity index (χ2v) is 2.60. The van der Waals surface area contributed by atoms with Crippen LogP contribution >= 0.6 is 0 Å². The molecule has 0 bridgehead atoms. The quantitative estimate of drug-likeness (QED) is 0.588. The third kappa shape index (κ3) is 0.701. The fourth-order valence-corrected chi connectivity index (χ4v) is 1.30. The van der Waals surface area contributed by atoms with E-state index in [4.69, 9.17) is 4.52 Å². The summed E-state index contributed by atoms with van der Waals surface area (Å²) < 4.78 is 5.00. The van der Waals surface area contributed by atoms with Crippen LogP contribution in [0.3, 0.4) is 0 Å². The van der Waals surface area contributed by atoms with Gasteiger partial charge in [0.05, 0.1) is 0 Å². The summed E-state index contributed by atoms with van der Waals surface area (Å²) in [5.41, 5.74) is 1.26. The molecule has 54 valence electrons. The van der Waals surface area contributed by atoms with Crippen molar-refractivity contribution in [3.05, 3.63) is 11.3 Å². The minimum absolute atomic E-state index is 0.948. The highest BCUT2D eigenvalue weighted by Crippen LogP contribution is 2.22. The minimum Gasteiger partial charge on any atom is -0.367 e. The number of hydrogen-bond donors (Lipinski definition) is 1. The fraction of sp³-hybridized carbons (Fsp3) is 0.571. The molecule has 0 radical (unpaired) electrons. The van der Waals surface area contributed by atoms with Crippen molar-refractivity contribution in [1.82, 2.24) is 5.16 Å². The molecule has 1 aliphatic rings. The normalized spacial score (nSPS) is 16.1. The van der Waals surface area contributed by atoms with Crippen LogP contribution in [0.15, 0.2) is 4.52 Å². The Kier molecular flexibility index (Phi) is 1.16. The molecule has 0 spiro atoms. The largest absolute Gasteiger partial charge is 0.367 e. The van der Waals surface area contributed by atoms with Crippen molar-refractivity contribution in [2.45, 2.75) is 19.8 Å². The Morgan fingerprint density at radius 3 is 3.30 bits per heavy atom. The van der Waals surface area contributed by atoms with Gasteiger partial charge in [-0.3, -0.25) is 0 Å². The van der Waals surface area contributed by atoms with E-state index < -0.39 is 0 Å². The van der Waals surface area contributed by atoms with Crippen LogP contribution in [0.5, 0.6) is 0 Å². The number of rotatable bonds is 0. The van der Waals surface area contributed by atoms with E-state index in [0.29, 0.717) is 0 Å². The van der Waals surface area contributed by atoms with Gasteiger partial charge in [0, 0.05) is 12.1 Å². The molecule has 10 heavy (non-hydrogen) atoms. The molecule has 1 aromatic rings. The Bertz CT molecular complexity index is 242. The average Bonchev–Trinajstić information content (AvgIpc) is 2.34. The van der Waals surface area contributed by atoms with E-state index in [-0.39, 0.29) is 0 Å². The van der Waals surface area contributed by atoms with Gasteiger partial charge in [-0.25, -0.2) is 0 Å². The van der Waals surface area contributed by atoms with Gasteiger partial charge in [0.15, 0.2) is 5.82 Å². The summed E-state index contributed by atoms with van der Waals surface area (Å²) in [5, 5.41) is 7.05. The van der Waals surface area contributed by atoms with E-state index in [1.165, 1.54) is 12.0 Å². The van der Waals surface area contributed by atoms with Gasteiger partial charge in [0.2, 0.25) is 0 Å². The van der Waals surface area contributed by atoms with Gasteiger partial charge in [-0.05, 0) is 19.8 Å². The van der Waals surface area contributed by atoms with Gasteiger partial charge in [0.1, 0.15) is 5.76 Å².